The third-order valence-corrected chi connectivity index (χ3v) is 1.71. The van der Waals surface area contributed by atoms with Crippen LogP contribution in [0.4, 0.5) is 0 Å². The second kappa shape index (κ2) is 6.21. The molecule has 0 bridgehead atoms. The molecule has 0 atom stereocenters. The van der Waals surface area contributed by atoms with Crippen molar-refractivity contribution in [2.75, 3.05) is 13.1 Å². The lowest BCUT2D eigenvalue weighted by molar-refractivity contribution is 0.546. The number of aryl methyl sites for hydroxylation is 1. The van der Waals surface area contributed by atoms with Crippen molar-refractivity contribution in [1.82, 2.24) is 15.1 Å². The van der Waals surface area contributed by atoms with Gasteiger partial charge in [-0.25, -0.2) is 0 Å². The molecule has 4 heteroatoms. The minimum Gasteiger partial charge on any atom is -0.316 e. The Hall–Kier alpha value is -1.34. The van der Waals surface area contributed by atoms with E-state index in [0.717, 1.165) is 26.1 Å². The Morgan fingerprint density at radius 1 is 1.46 bits per heavy atom. The molecule has 0 saturated heterocycles. The molecule has 0 aliphatic carbocycles. The zero-order valence-corrected chi connectivity index (χ0v) is 7.61. The molecule has 1 heterocycles. The third-order valence-electron chi connectivity index (χ3n) is 1.71. The predicted octanol–water partition coefficient (Wildman–Crippen LogP) is 0.776. The average Bonchev–Trinajstić information content (AvgIpc) is 2.63. The summed E-state index contributed by atoms with van der Waals surface area (Å²) in [6.45, 7) is 2.67. The second-order valence-electron chi connectivity index (χ2n) is 2.78. The molecule has 1 rings (SSSR count). The van der Waals surface area contributed by atoms with Gasteiger partial charge >= 0.3 is 0 Å². The quantitative estimate of drug-likeness (QED) is 0.655. The molecule has 0 aliphatic rings. The summed E-state index contributed by atoms with van der Waals surface area (Å²) in [5, 5.41) is 15.5. The number of hydrogen-bond acceptors (Lipinski definition) is 3. The van der Waals surface area contributed by atoms with E-state index >= 15 is 0 Å². The summed E-state index contributed by atoms with van der Waals surface area (Å²) in [7, 11) is 0. The van der Waals surface area contributed by atoms with Crippen LogP contribution in [0.5, 0.6) is 0 Å². The van der Waals surface area contributed by atoms with E-state index in [9.17, 15) is 0 Å². The summed E-state index contributed by atoms with van der Waals surface area (Å²) in [6, 6.07) is 4.01. The van der Waals surface area contributed by atoms with Crippen LogP contribution in [-0.4, -0.2) is 22.9 Å². The number of nitriles is 1. The molecule has 1 aromatic heterocycles. The third kappa shape index (κ3) is 4.28. The topological polar surface area (TPSA) is 53.6 Å². The van der Waals surface area contributed by atoms with E-state index in [1.54, 1.807) is 6.20 Å². The molecule has 0 aromatic carbocycles. The molecule has 0 aliphatic heterocycles. The number of hydrogen-bond donors (Lipinski definition) is 1. The van der Waals surface area contributed by atoms with Crippen molar-refractivity contribution in [2.24, 2.45) is 0 Å². The van der Waals surface area contributed by atoms with Gasteiger partial charge in [0, 0.05) is 31.9 Å². The van der Waals surface area contributed by atoms with Crippen LogP contribution >= 0.6 is 0 Å². The van der Waals surface area contributed by atoms with E-state index in [1.165, 1.54) is 0 Å². The van der Waals surface area contributed by atoms with Crippen LogP contribution in [0.3, 0.4) is 0 Å². The van der Waals surface area contributed by atoms with Gasteiger partial charge in [-0.15, -0.1) is 0 Å². The molecular formula is C9H14N4. The highest BCUT2D eigenvalue weighted by Gasteiger charge is 1.90. The zero-order valence-electron chi connectivity index (χ0n) is 7.61. The van der Waals surface area contributed by atoms with Crippen LogP contribution in [0.2, 0.25) is 0 Å². The van der Waals surface area contributed by atoms with Crippen molar-refractivity contribution < 1.29 is 0 Å². The van der Waals surface area contributed by atoms with Gasteiger partial charge in [-0.05, 0) is 19.0 Å². The molecule has 0 amide bonds. The van der Waals surface area contributed by atoms with Crippen LogP contribution in [0, 0.1) is 11.3 Å². The molecule has 0 fully saturated rings. The van der Waals surface area contributed by atoms with Gasteiger partial charge in [0.1, 0.15) is 0 Å². The molecular weight excluding hydrogens is 164 g/mol. The summed E-state index contributed by atoms with van der Waals surface area (Å²) in [6.07, 6.45) is 5.37. The fourth-order valence-corrected chi connectivity index (χ4v) is 1.07. The first-order valence-corrected chi connectivity index (χ1v) is 4.48. The number of aromatic nitrogens is 2. The molecule has 1 aromatic rings. The highest BCUT2D eigenvalue weighted by atomic mass is 15.3. The summed E-state index contributed by atoms with van der Waals surface area (Å²) < 4.78 is 1.91. The highest BCUT2D eigenvalue weighted by molar-refractivity contribution is 4.77. The van der Waals surface area contributed by atoms with Crippen LogP contribution in [0.15, 0.2) is 18.5 Å². The Balaban J connectivity index is 1.94. The monoisotopic (exact) mass is 178 g/mol. The molecule has 0 spiro atoms. The van der Waals surface area contributed by atoms with Gasteiger partial charge in [-0.1, -0.05) is 0 Å². The molecule has 1 N–H and O–H groups in total. The Kier molecular flexibility index (Phi) is 4.65. The SMILES string of the molecule is N#CCCNCCCn1cccn1. The molecule has 0 saturated carbocycles. The van der Waals surface area contributed by atoms with E-state index < -0.39 is 0 Å². The maximum Gasteiger partial charge on any atom is 0.0635 e. The van der Waals surface area contributed by atoms with Crippen LogP contribution in [0.25, 0.3) is 0 Å². The minimum absolute atomic E-state index is 0.585. The van der Waals surface area contributed by atoms with Gasteiger partial charge in [0.15, 0.2) is 0 Å². The maximum atomic E-state index is 8.27. The first-order chi connectivity index (χ1) is 6.43. The molecule has 4 nitrogen and oxygen atoms in total. The largest absolute Gasteiger partial charge is 0.316 e. The van der Waals surface area contributed by atoms with Crippen molar-refractivity contribution in [1.29, 1.82) is 5.26 Å². The van der Waals surface area contributed by atoms with Crippen molar-refractivity contribution in [2.45, 2.75) is 19.4 Å². The lowest BCUT2D eigenvalue weighted by Gasteiger charge is -2.02. The van der Waals surface area contributed by atoms with E-state index in [4.69, 9.17) is 5.26 Å². The molecule has 0 radical (unpaired) electrons. The van der Waals surface area contributed by atoms with E-state index in [-0.39, 0.29) is 0 Å². The van der Waals surface area contributed by atoms with Crippen LogP contribution < -0.4 is 5.32 Å². The highest BCUT2D eigenvalue weighted by Crippen LogP contribution is 1.87. The summed E-state index contributed by atoms with van der Waals surface area (Å²) >= 11 is 0. The Bertz CT molecular complexity index is 247. The standard InChI is InChI=1S/C9H14N4/c10-4-1-5-11-6-2-8-13-9-3-7-12-13/h3,7,9,11H,1-2,5-6,8H2. The van der Waals surface area contributed by atoms with Crippen LogP contribution in [0.1, 0.15) is 12.8 Å². The van der Waals surface area contributed by atoms with Gasteiger partial charge in [0.25, 0.3) is 0 Å². The van der Waals surface area contributed by atoms with Crippen molar-refractivity contribution in [3.63, 3.8) is 0 Å². The lowest BCUT2D eigenvalue weighted by Crippen LogP contribution is -2.17. The number of nitrogens with zero attached hydrogens (tertiary/aromatic N) is 3. The second-order valence-corrected chi connectivity index (χ2v) is 2.78. The normalized spacial score (nSPS) is 9.77. The van der Waals surface area contributed by atoms with Crippen molar-refractivity contribution in [3.05, 3.63) is 18.5 Å². The van der Waals surface area contributed by atoms with E-state index in [0.29, 0.717) is 6.42 Å². The molecule has 0 unspecified atom stereocenters. The van der Waals surface area contributed by atoms with Crippen molar-refractivity contribution >= 4 is 0 Å². The van der Waals surface area contributed by atoms with Gasteiger partial charge < -0.3 is 5.32 Å². The van der Waals surface area contributed by atoms with Gasteiger partial charge in [0.2, 0.25) is 0 Å². The first kappa shape index (κ1) is 9.75. The first-order valence-electron chi connectivity index (χ1n) is 4.48. The maximum absolute atomic E-state index is 8.27. The summed E-state index contributed by atoms with van der Waals surface area (Å²) in [5.74, 6) is 0. The number of nitrogens with one attached hydrogen (secondary N) is 1. The van der Waals surface area contributed by atoms with Gasteiger partial charge in [-0.3, -0.25) is 4.68 Å². The van der Waals surface area contributed by atoms with E-state index in [2.05, 4.69) is 16.5 Å². The fraction of sp³-hybridized carbons (Fsp3) is 0.556. The molecule has 13 heavy (non-hydrogen) atoms. The smallest absolute Gasteiger partial charge is 0.0635 e. The summed E-state index contributed by atoms with van der Waals surface area (Å²) in [4.78, 5) is 0. The van der Waals surface area contributed by atoms with Crippen LogP contribution in [-0.2, 0) is 6.54 Å². The van der Waals surface area contributed by atoms with E-state index in [1.807, 2.05) is 16.9 Å². The Morgan fingerprint density at radius 2 is 2.38 bits per heavy atom. The predicted molar refractivity (Wildman–Crippen MR) is 49.9 cm³/mol. The Labute approximate surface area is 78.2 Å². The average molecular weight is 178 g/mol. The minimum atomic E-state index is 0.585. The fourth-order valence-electron chi connectivity index (χ4n) is 1.07. The molecule has 70 valence electrons. The van der Waals surface area contributed by atoms with Gasteiger partial charge in [0.05, 0.1) is 6.07 Å². The zero-order chi connectivity index (χ0) is 9.36. The Morgan fingerprint density at radius 3 is 3.08 bits per heavy atom. The summed E-state index contributed by atoms with van der Waals surface area (Å²) in [5.41, 5.74) is 0. The number of rotatable bonds is 6. The van der Waals surface area contributed by atoms with Gasteiger partial charge in [-0.2, -0.15) is 10.4 Å². The lowest BCUT2D eigenvalue weighted by atomic mass is 10.4. The van der Waals surface area contributed by atoms with Crippen molar-refractivity contribution in [3.8, 4) is 6.07 Å².